The molecular formula is C25H35BrF3N3O5SSi. The van der Waals surface area contributed by atoms with Gasteiger partial charge in [0.25, 0.3) is 10.0 Å². The minimum absolute atomic E-state index is 0.0229. The molecule has 0 N–H and O–H groups in total. The Morgan fingerprint density at radius 3 is 2.44 bits per heavy atom. The van der Waals surface area contributed by atoms with Gasteiger partial charge in [0, 0.05) is 33.2 Å². The number of hydrogen-bond acceptors (Lipinski definition) is 7. The van der Waals surface area contributed by atoms with Gasteiger partial charge in [-0.25, -0.2) is 12.7 Å². The largest absolute Gasteiger partial charge is 0.451 e. The number of alkyl halides is 3. The van der Waals surface area contributed by atoms with Crippen LogP contribution in [0.25, 0.3) is 0 Å². The number of carbonyl (C=O) groups excluding carboxylic acids is 1. The molecule has 0 fully saturated rings. The molecular weight excluding hydrogens is 619 g/mol. The molecule has 0 unspecified atom stereocenters. The van der Waals surface area contributed by atoms with E-state index in [0.717, 1.165) is 15.9 Å². The Morgan fingerprint density at radius 1 is 1.21 bits per heavy atom. The Morgan fingerprint density at radius 2 is 1.87 bits per heavy atom. The number of anilines is 1. The van der Waals surface area contributed by atoms with Gasteiger partial charge in [-0.05, 0) is 51.7 Å². The number of sulfonamides is 1. The van der Waals surface area contributed by atoms with Crippen LogP contribution in [0.1, 0.15) is 37.7 Å². The number of benzene rings is 1. The summed E-state index contributed by atoms with van der Waals surface area (Å²) in [5, 5.41) is 4.06. The van der Waals surface area contributed by atoms with Gasteiger partial charge in [0.1, 0.15) is 11.2 Å². The Kier molecular flexibility index (Phi) is 9.48. The molecule has 0 amide bonds. The quantitative estimate of drug-likeness (QED) is 0.184. The molecule has 0 atom stereocenters. The lowest BCUT2D eigenvalue weighted by atomic mass is 9.93. The van der Waals surface area contributed by atoms with Gasteiger partial charge in [-0.1, -0.05) is 51.6 Å². The normalized spacial score (nSPS) is 15.3. The Bertz CT molecular complexity index is 1300. The van der Waals surface area contributed by atoms with E-state index >= 15 is 0 Å². The van der Waals surface area contributed by atoms with Crippen LogP contribution in [0.2, 0.25) is 25.7 Å². The number of carbonyl (C=O) groups is 1. The fraction of sp³-hybridized carbons (Fsp3) is 0.600. The predicted molar refractivity (Wildman–Crippen MR) is 148 cm³/mol. The van der Waals surface area contributed by atoms with Crippen LogP contribution in [0.15, 0.2) is 32.1 Å². The molecule has 0 bridgehead atoms. The van der Waals surface area contributed by atoms with Gasteiger partial charge in [0.05, 0.1) is 11.4 Å². The molecule has 39 heavy (non-hydrogen) atoms. The lowest BCUT2D eigenvalue weighted by molar-refractivity contribution is -0.172. The monoisotopic (exact) mass is 653 g/mol. The summed E-state index contributed by atoms with van der Waals surface area (Å²) in [6, 6.07) is 5.41. The van der Waals surface area contributed by atoms with Crippen LogP contribution >= 0.6 is 15.9 Å². The molecule has 218 valence electrons. The van der Waals surface area contributed by atoms with E-state index in [1.165, 1.54) is 17.0 Å². The van der Waals surface area contributed by atoms with Crippen molar-refractivity contribution in [3.63, 3.8) is 0 Å². The smallest absolute Gasteiger partial charge is 0.360 e. The van der Waals surface area contributed by atoms with E-state index in [1.807, 2.05) is 20.8 Å². The average molecular weight is 655 g/mol. The van der Waals surface area contributed by atoms with Crippen molar-refractivity contribution in [2.24, 2.45) is 0 Å². The first kappa shape index (κ1) is 31.8. The molecule has 3 rings (SSSR count). The molecule has 0 radical (unpaired) electrons. The van der Waals surface area contributed by atoms with Crippen LogP contribution in [0.3, 0.4) is 0 Å². The van der Waals surface area contributed by atoms with Gasteiger partial charge >= 0.3 is 6.18 Å². The van der Waals surface area contributed by atoms with Crippen molar-refractivity contribution < 1.29 is 35.6 Å². The van der Waals surface area contributed by atoms with Crippen molar-refractivity contribution >= 4 is 45.6 Å². The summed E-state index contributed by atoms with van der Waals surface area (Å²) in [5.41, 5.74) is 0.910. The van der Waals surface area contributed by atoms with Gasteiger partial charge in [-0.3, -0.25) is 9.69 Å². The Balaban J connectivity index is 1.94. The van der Waals surface area contributed by atoms with Gasteiger partial charge in [-0.2, -0.15) is 13.2 Å². The SMILES string of the molecule is CC(C)(C)c1onc(N(COCC[Si](C)(C)C)S(=O)(=O)c2ccc3c(c2)CN(CC(=O)C(F)(F)F)CC3)c1Br. The zero-order chi connectivity index (χ0) is 29.4. The van der Waals surface area contributed by atoms with Crippen molar-refractivity contribution in [2.45, 2.75) is 75.9 Å². The molecule has 0 saturated heterocycles. The lowest BCUT2D eigenvalue weighted by Gasteiger charge is -2.29. The first-order valence-corrected chi connectivity index (χ1v) is 18.4. The number of halogens is 4. The number of aromatic nitrogens is 1. The molecule has 1 aliphatic rings. The third-order valence-corrected chi connectivity index (χ3v) is 10.4. The number of hydrogen-bond donors (Lipinski definition) is 0. The van der Waals surface area contributed by atoms with E-state index in [-0.39, 0.29) is 30.5 Å². The fourth-order valence-electron chi connectivity index (χ4n) is 3.97. The minimum atomic E-state index is -4.92. The second-order valence-corrected chi connectivity index (χ2v) is 20.2. The van der Waals surface area contributed by atoms with Gasteiger partial charge in [0.2, 0.25) is 11.6 Å². The molecule has 1 aliphatic heterocycles. The third kappa shape index (κ3) is 7.93. The van der Waals surface area contributed by atoms with Crippen LogP contribution in [0.4, 0.5) is 19.0 Å². The number of fused-ring (bicyclic) bond motifs is 1. The van der Waals surface area contributed by atoms with Crippen LogP contribution in [0, 0.1) is 0 Å². The van der Waals surface area contributed by atoms with Crippen LogP contribution in [-0.2, 0) is 37.9 Å². The molecule has 8 nitrogen and oxygen atoms in total. The molecule has 1 aromatic carbocycles. The van der Waals surface area contributed by atoms with Crippen LogP contribution < -0.4 is 4.31 Å². The molecule has 0 aliphatic carbocycles. The van der Waals surface area contributed by atoms with Gasteiger partial charge < -0.3 is 9.26 Å². The predicted octanol–water partition coefficient (Wildman–Crippen LogP) is 5.73. The van der Waals surface area contributed by atoms with Crippen molar-refractivity contribution in [3.8, 4) is 0 Å². The van der Waals surface area contributed by atoms with E-state index in [0.29, 0.717) is 28.8 Å². The second-order valence-electron chi connectivity index (χ2n) is 11.9. The molecule has 0 saturated carbocycles. The zero-order valence-corrected chi connectivity index (χ0v) is 26.4. The van der Waals surface area contributed by atoms with E-state index in [1.54, 1.807) is 6.07 Å². The first-order valence-electron chi connectivity index (χ1n) is 12.5. The number of ketones is 1. The van der Waals surface area contributed by atoms with Crippen molar-refractivity contribution in [1.82, 2.24) is 10.1 Å². The minimum Gasteiger partial charge on any atom is -0.360 e. The molecule has 2 heterocycles. The highest BCUT2D eigenvalue weighted by molar-refractivity contribution is 9.10. The Labute approximate surface area is 237 Å². The summed E-state index contributed by atoms with van der Waals surface area (Å²) in [6.45, 7) is 11.9. The molecule has 1 aromatic heterocycles. The zero-order valence-electron chi connectivity index (χ0n) is 23.0. The van der Waals surface area contributed by atoms with E-state index in [2.05, 4.69) is 40.7 Å². The summed E-state index contributed by atoms with van der Waals surface area (Å²) in [6.07, 6.45) is -4.52. The van der Waals surface area contributed by atoms with Gasteiger partial charge in [-0.15, -0.1) is 0 Å². The van der Waals surface area contributed by atoms with E-state index in [9.17, 15) is 26.4 Å². The number of nitrogens with zero attached hydrogens (tertiary/aromatic N) is 3. The summed E-state index contributed by atoms with van der Waals surface area (Å²) in [7, 11) is -5.65. The number of Topliss-reactive ketones (excluding diaryl/α,β-unsaturated/α-hetero) is 1. The van der Waals surface area contributed by atoms with Crippen molar-refractivity contribution in [3.05, 3.63) is 39.6 Å². The molecule has 2 aromatic rings. The standard InChI is InChI=1S/C25H35BrF3N3O5SSi/c1-24(2,3)22-21(26)23(30-37-22)32(16-36-11-12-39(4,5)6)38(34,35)19-8-7-17-9-10-31(14-18(17)13-19)15-20(33)25(27,28)29/h7-8,13H,9-12,14-16H2,1-6H3. The van der Waals surface area contributed by atoms with Crippen molar-refractivity contribution in [1.29, 1.82) is 0 Å². The number of rotatable bonds is 10. The van der Waals surface area contributed by atoms with Crippen LogP contribution in [0.5, 0.6) is 0 Å². The molecule has 14 heteroatoms. The lowest BCUT2D eigenvalue weighted by Crippen LogP contribution is -2.40. The molecule has 0 spiro atoms. The summed E-state index contributed by atoms with van der Waals surface area (Å²) < 4.78 is 79.0. The summed E-state index contributed by atoms with van der Waals surface area (Å²) >= 11 is 3.46. The highest BCUT2D eigenvalue weighted by atomic mass is 79.9. The third-order valence-electron chi connectivity index (χ3n) is 6.28. The van der Waals surface area contributed by atoms with E-state index in [4.69, 9.17) is 9.26 Å². The van der Waals surface area contributed by atoms with Crippen LogP contribution in [-0.4, -0.2) is 64.9 Å². The first-order chi connectivity index (χ1) is 17.8. The van der Waals surface area contributed by atoms with E-state index < -0.39 is 42.0 Å². The fourth-order valence-corrected chi connectivity index (χ4v) is 7.15. The number of ether oxygens (including phenoxy) is 1. The average Bonchev–Trinajstić information content (AvgIpc) is 3.18. The maximum absolute atomic E-state index is 13.9. The van der Waals surface area contributed by atoms with Crippen molar-refractivity contribution in [2.75, 3.05) is 30.7 Å². The Hall–Kier alpha value is -1.74. The topological polar surface area (TPSA) is 92.9 Å². The maximum Gasteiger partial charge on any atom is 0.451 e. The summed E-state index contributed by atoms with van der Waals surface area (Å²) in [4.78, 5) is 12.8. The second kappa shape index (κ2) is 11.6. The maximum atomic E-state index is 13.9. The van der Waals surface area contributed by atoms with Gasteiger partial charge in [0.15, 0.2) is 5.76 Å². The summed E-state index contributed by atoms with van der Waals surface area (Å²) in [5.74, 6) is -1.32. The highest BCUT2D eigenvalue weighted by Crippen LogP contribution is 2.38. The highest BCUT2D eigenvalue weighted by Gasteiger charge is 2.39.